The Bertz CT molecular complexity index is 406. The maximum atomic E-state index is 6.29. The minimum Gasteiger partial charge on any atom is -0.322 e. The molecule has 0 amide bonds. The van der Waals surface area contributed by atoms with Crippen molar-refractivity contribution >= 4 is 12.2 Å². The standard InChI is InChI=1S/C16H21N/c1-2-5-14-6-8-15(9-7-14)10-13-16(17)11-3-4-12-16/h2,5-10,13H,3-4,11-12,17H2,1H3/b5-2+,13-10+. The van der Waals surface area contributed by atoms with E-state index in [0.717, 1.165) is 12.8 Å². The third-order valence-electron chi connectivity index (χ3n) is 3.44. The normalized spacial score (nSPS) is 19.4. The zero-order valence-corrected chi connectivity index (χ0v) is 10.5. The van der Waals surface area contributed by atoms with Crippen LogP contribution in [0.5, 0.6) is 0 Å². The summed E-state index contributed by atoms with van der Waals surface area (Å²) in [5, 5.41) is 0. The average molecular weight is 227 g/mol. The van der Waals surface area contributed by atoms with Gasteiger partial charge >= 0.3 is 0 Å². The smallest absolute Gasteiger partial charge is 0.0342 e. The van der Waals surface area contributed by atoms with Gasteiger partial charge in [0.2, 0.25) is 0 Å². The Morgan fingerprint density at radius 3 is 2.06 bits per heavy atom. The van der Waals surface area contributed by atoms with Crippen molar-refractivity contribution in [1.82, 2.24) is 0 Å². The molecule has 0 aromatic heterocycles. The lowest BCUT2D eigenvalue weighted by Crippen LogP contribution is -2.33. The second-order valence-electron chi connectivity index (χ2n) is 4.94. The van der Waals surface area contributed by atoms with Gasteiger partial charge in [0.25, 0.3) is 0 Å². The van der Waals surface area contributed by atoms with Crippen LogP contribution in [0.15, 0.2) is 36.4 Å². The summed E-state index contributed by atoms with van der Waals surface area (Å²) in [6.45, 7) is 2.03. The van der Waals surface area contributed by atoms with Gasteiger partial charge in [0.15, 0.2) is 0 Å². The van der Waals surface area contributed by atoms with Crippen LogP contribution in [0.3, 0.4) is 0 Å². The molecule has 1 aromatic rings. The molecule has 1 nitrogen and oxygen atoms in total. The maximum absolute atomic E-state index is 6.29. The molecule has 0 spiro atoms. The third kappa shape index (κ3) is 3.31. The van der Waals surface area contributed by atoms with Crippen LogP contribution in [0.25, 0.3) is 12.2 Å². The lowest BCUT2D eigenvalue weighted by molar-refractivity contribution is 0.552. The minimum atomic E-state index is -0.0536. The Morgan fingerprint density at radius 1 is 1.00 bits per heavy atom. The molecule has 0 unspecified atom stereocenters. The molecule has 1 aromatic carbocycles. The molecule has 1 aliphatic carbocycles. The number of benzene rings is 1. The van der Waals surface area contributed by atoms with Gasteiger partial charge < -0.3 is 5.73 Å². The summed E-state index contributed by atoms with van der Waals surface area (Å²) in [5.74, 6) is 0. The summed E-state index contributed by atoms with van der Waals surface area (Å²) < 4.78 is 0. The van der Waals surface area contributed by atoms with Gasteiger partial charge in [-0.25, -0.2) is 0 Å². The molecular formula is C16H21N. The quantitative estimate of drug-likeness (QED) is 0.829. The summed E-state index contributed by atoms with van der Waals surface area (Å²) >= 11 is 0. The molecule has 1 saturated carbocycles. The maximum Gasteiger partial charge on any atom is 0.0342 e. The van der Waals surface area contributed by atoms with Crippen LogP contribution in [0.1, 0.15) is 43.7 Å². The topological polar surface area (TPSA) is 26.0 Å². The lowest BCUT2D eigenvalue weighted by Gasteiger charge is -2.17. The van der Waals surface area contributed by atoms with Crippen molar-refractivity contribution in [3.05, 3.63) is 47.5 Å². The molecule has 17 heavy (non-hydrogen) atoms. The van der Waals surface area contributed by atoms with E-state index in [1.807, 2.05) is 6.92 Å². The number of allylic oxidation sites excluding steroid dienone is 1. The van der Waals surface area contributed by atoms with Gasteiger partial charge in [0.1, 0.15) is 0 Å². The summed E-state index contributed by atoms with van der Waals surface area (Å²) in [6.07, 6.45) is 13.3. The Hall–Kier alpha value is -1.34. The first-order valence-corrected chi connectivity index (χ1v) is 6.43. The SMILES string of the molecule is C/C=C/c1ccc(/C=C/C2(N)CCCC2)cc1. The highest BCUT2D eigenvalue weighted by Crippen LogP contribution is 2.28. The number of hydrogen-bond acceptors (Lipinski definition) is 1. The van der Waals surface area contributed by atoms with Gasteiger partial charge in [0.05, 0.1) is 0 Å². The predicted molar refractivity (Wildman–Crippen MR) is 75.6 cm³/mol. The van der Waals surface area contributed by atoms with E-state index in [1.165, 1.54) is 24.0 Å². The molecule has 0 heterocycles. The highest BCUT2D eigenvalue weighted by molar-refractivity contribution is 5.56. The first-order chi connectivity index (χ1) is 8.22. The van der Waals surface area contributed by atoms with E-state index in [-0.39, 0.29) is 5.54 Å². The van der Waals surface area contributed by atoms with Crippen molar-refractivity contribution < 1.29 is 0 Å². The van der Waals surface area contributed by atoms with Crippen molar-refractivity contribution in [1.29, 1.82) is 0 Å². The van der Waals surface area contributed by atoms with Crippen molar-refractivity contribution in [3.8, 4) is 0 Å². The molecule has 0 saturated heterocycles. The summed E-state index contributed by atoms with van der Waals surface area (Å²) in [4.78, 5) is 0. The van der Waals surface area contributed by atoms with E-state index < -0.39 is 0 Å². The van der Waals surface area contributed by atoms with Crippen molar-refractivity contribution in [3.63, 3.8) is 0 Å². The zero-order valence-electron chi connectivity index (χ0n) is 10.5. The van der Waals surface area contributed by atoms with Gasteiger partial charge in [0, 0.05) is 5.54 Å². The second kappa shape index (κ2) is 5.33. The Labute approximate surface area is 104 Å². The molecule has 0 radical (unpaired) electrons. The Morgan fingerprint density at radius 2 is 1.53 bits per heavy atom. The summed E-state index contributed by atoms with van der Waals surface area (Å²) in [7, 11) is 0. The molecule has 2 rings (SSSR count). The molecule has 0 bridgehead atoms. The van der Waals surface area contributed by atoms with Gasteiger partial charge in [-0.05, 0) is 30.9 Å². The van der Waals surface area contributed by atoms with Crippen molar-refractivity contribution in [2.45, 2.75) is 38.1 Å². The van der Waals surface area contributed by atoms with Gasteiger partial charge in [-0.2, -0.15) is 0 Å². The van der Waals surface area contributed by atoms with Crippen LogP contribution in [0.2, 0.25) is 0 Å². The van der Waals surface area contributed by atoms with Gasteiger partial charge in [-0.3, -0.25) is 0 Å². The lowest BCUT2D eigenvalue weighted by atomic mass is 9.97. The molecule has 90 valence electrons. The number of nitrogens with two attached hydrogens (primary N) is 1. The largest absolute Gasteiger partial charge is 0.322 e. The van der Waals surface area contributed by atoms with Gasteiger partial charge in [-0.1, -0.05) is 61.4 Å². The van der Waals surface area contributed by atoms with Crippen LogP contribution in [-0.4, -0.2) is 5.54 Å². The number of hydrogen-bond donors (Lipinski definition) is 1. The first kappa shape index (κ1) is 12.1. The summed E-state index contributed by atoms with van der Waals surface area (Å²) in [5.41, 5.74) is 8.71. The van der Waals surface area contributed by atoms with Gasteiger partial charge in [-0.15, -0.1) is 0 Å². The Kier molecular flexibility index (Phi) is 3.80. The van der Waals surface area contributed by atoms with E-state index in [0.29, 0.717) is 0 Å². The zero-order chi connectivity index (χ0) is 12.1. The summed E-state index contributed by atoms with van der Waals surface area (Å²) in [6, 6.07) is 8.56. The van der Waals surface area contributed by atoms with E-state index in [2.05, 4.69) is 48.6 Å². The molecule has 0 atom stereocenters. The highest BCUT2D eigenvalue weighted by Gasteiger charge is 2.25. The minimum absolute atomic E-state index is 0.0536. The van der Waals surface area contributed by atoms with Crippen molar-refractivity contribution in [2.75, 3.05) is 0 Å². The predicted octanol–water partition coefficient (Wildman–Crippen LogP) is 4.00. The highest BCUT2D eigenvalue weighted by atomic mass is 14.7. The molecule has 1 aliphatic rings. The van der Waals surface area contributed by atoms with E-state index in [1.54, 1.807) is 0 Å². The second-order valence-corrected chi connectivity index (χ2v) is 4.94. The first-order valence-electron chi connectivity index (χ1n) is 6.43. The van der Waals surface area contributed by atoms with E-state index in [9.17, 15) is 0 Å². The fraction of sp³-hybridized carbons (Fsp3) is 0.375. The molecule has 2 N–H and O–H groups in total. The van der Waals surface area contributed by atoms with E-state index >= 15 is 0 Å². The molecular weight excluding hydrogens is 206 g/mol. The van der Waals surface area contributed by atoms with Crippen LogP contribution < -0.4 is 5.73 Å². The third-order valence-corrected chi connectivity index (χ3v) is 3.44. The van der Waals surface area contributed by atoms with Crippen LogP contribution in [-0.2, 0) is 0 Å². The van der Waals surface area contributed by atoms with Crippen LogP contribution in [0, 0.1) is 0 Å². The average Bonchev–Trinajstić information content (AvgIpc) is 2.76. The molecule has 1 heteroatoms. The number of rotatable bonds is 3. The van der Waals surface area contributed by atoms with Crippen LogP contribution in [0.4, 0.5) is 0 Å². The van der Waals surface area contributed by atoms with Crippen LogP contribution >= 0.6 is 0 Å². The Balaban J connectivity index is 2.05. The van der Waals surface area contributed by atoms with Crippen molar-refractivity contribution in [2.24, 2.45) is 5.73 Å². The molecule has 1 fully saturated rings. The molecule has 0 aliphatic heterocycles. The van der Waals surface area contributed by atoms with E-state index in [4.69, 9.17) is 5.73 Å². The monoisotopic (exact) mass is 227 g/mol. The fourth-order valence-corrected chi connectivity index (χ4v) is 2.37. The fourth-order valence-electron chi connectivity index (χ4n) is 2.37.